The first-order valence-electron chi connectivity index (χ1n) is 12.1. The highest BCUT2D eigenvalue weighted by Gasteiger charge is 2.48. The van der Waals surface area contributed by atoms with Gasteiger partial charge in [-0.05, 0) is 42.5 Å². The van der Waals surface area contributed by atoms with Crippen molar-refractivity contribution in [3.05, 3.63) is 72.6 Å². The zero-order valence-corrected chi connectivity index (χ0v) is 20.6. The van der Waals surface area contributed by atoms with Crippen molar-refractivity contribution in [3.8, 4) is 11.5 Å². The number of ether oxygens (including phenoxy) is 3. The highest BCUT2D eigenvalue weighted by molar-refractivity contribution is 5.89. The fourth-order valence-corrected chi connectivity index (χ4v) is 4.33. The number of carbonyl (C=O) groups excluding carboxylic acids is 1. The fourth-order valence-electron chi connectivity index (χ4n) is 4.33. The van der Waals surface area contributed by atoms with E-state index < -0.39 is 0 Å². The smallest absolute Gasteiger partial charge is 0.319 e. The summed E-state index contributed by atoms with van der Waals surface area (Å²) in [6.45, 7) is 7.15. The highest BCUT2D eigenvalue weighted by atomic mass is 16.6. The number of anilines is 2. The minimum Gasteiger partial charge on any atom is -0.457 e. The third kappa shape index (κ3) is 5.58. The lowest BCUT2D eigenvalue weighted by Crippen LogP contribution is -2.46. The molecule has 5 rings (SSSR count). The number of amides is 2. The van der Waals surface area contributed by atoms with E-state index in [1.54, 1.807) is 18.3 Å². The summed E-state index contributed by atoms with van der Waals surface area (Å²) in [5, 5.41) is 9.18. The largest absolute Gasteiger partial charge is 0.457 e. The molecule has 2 aliphatic heterocycles. The van der Waals surface area contributed by atoms with Crippen LogP contribution < -0.4 is 20.7 Å². The van der Waals surface area contributed by atoms with Crippen molar-refractivity contribution < 1.29 is 19.0 Å². The van der Waals surface area contributed by atoms with Crippen molar-refractivity contribution in [2.75, 3.05) is 23.8 Å². The minimum absolute atomic E-state index is 0.0739. The van der Waals surface area contributed by atoms with Gasteiger partial charge >= 0.3 is 6.03 Å². The van der Waals surface area contributed by atoms with Crippen LogP contribution in [0, 0.1) is 0 Å². The van der Waals surface area contributed by atoms with Crippen LogP contribution in [0.2, 0.25) is 0 Å². The number of nitrogens with one attached hydrogen (secondary N) is 3. The van der Waals surface area contributed by atoms with Gasteiger partial charge in [0.25, 0.3) is 0 Å². The number of rotatable bonds is 6. The zero-order valence-electron chi connectivity index (χ0n) is 20.6. The van der Waals surface area contributed by atoms with Gasteiger partial charge in [-0.2, -0.15) is 0 Å². The second-order valence-corrected chi connectivity index (χ2v) is 10.0. The van der Waals surface area contributed by atoms with Gasteiger partial charge in [0.2, 0.25) is 5.95 Å². The molecule has 2 saturated heterocycles. The Morgan fingerprint density at radius 2 is 1.58 bits per heavy atom. The number of hydrogen-bond acceptors (Lipinski definition) is 7. The average Bonchev–Trinajstić information content (AvgIpc) is 3.44. The molecule has 0 radical (unpaired) electrons. The molecule has 4 unspecified atom stereocenters. The lowest BCUT2D eigenvalue weighted by Gasteiger charge is -2.21. The SMILES string of the molecule is CC(C)(C)c1ccnc(NC2COC3C(NC(=O)Nc4ccc(Oc5ccccc5)cc4)COC23)n1. The third-order valence-electron chi connectivity index (χ3n) is 6.20. The fraction of sp³-hybridized carbons (Fsp3) is 0.370. The van der Waals surface area contributed by atoms with Crippen LogP contribution in [-0.4, -0.2) is 53.5 Å². The summed E-state index contributed by atoms with van der Waals surface area (Å²) in [4.78, 5) is 21.6. The maximum atomic E-state index is 12.6. The first-order valence-corrected chi connectivity index (χ1v) is 12.1. The van der Waals surface area contributed by atoms with E-state index in [1.165, 1.54) is 0 Å². The lowest BCUT2D eigenvalue weighted by molar-refractivity contribution is 0.0683. The van der Waals surface area contributed by atoms with Crippen LogP contribution >= 0.6 is 0 Å². The molecule has 0 spiro atoms. The predicted octanol–water partition coefficient (Wildman–Crippen LogP) is 4.33. The van der Waals surface area contributed by atoms with Gasteiger partial charge in [-0.25, -0.2) is 14.8 Å². The Bertz CT molecular complexity index is 1180. The molecule has 2 aliphatic rings. The number of aromatic nitrogens is 2. The Morgan fingerprint density at radius 1 is 0.917 bits per heavy atom. The van der Waals surface area contributed by atoms with Crippen LogP contribution in [0.1, 0.15) is 26.5 Å². The maximum absolute atomic E-state index is 12.6. The summed E-state index contributed by atoms with van der Waals surface area (Å²) in [5.41, 5.74) is 1.54. The third-order valence-corrected chi connectivity index (χ3v) is 6.20. The molecule has 3 N–H and O–H groups in total. The Morgan fingerprint density at radius 3 is 2.31 bits per heavy atom. The van der Waals surface area contributed by atoms with Crippen LogP contribution in [0.3, 0.4) is 0 Å². The standard InChI is InChI=1S/C27H31N5O4/c1-27(2,3)22-13-14-28-25(32-22)30-20-15-34-24-21(16-35-23(20)24)31-26(33)29-17-9-11-19(12-10-17)36-18-7-5-4-6-8-18/h4-14,20-21,23-24H,15-16H2,1-3H3,(H,28,30,32)(H2,29,31,33). The molecule has 0 aliphatic carbocycles. The van der Waals surface area contributed by atoms with Crippen molar-refractivity contribution >= 4 is 17.7 Å². The summed E-state index contributed by atoms with van der Waals surface area (Å²) in [5.74, 6) is 1.99. The monoisotopic (exact) mass is 489 g/mol. The molecule has 0 saturated carbocycles. The number of urea groups is 1. The van der Waals surface area contributed by atoms with Crippen LogP contribution in [-0.2, 0) is 14.9 Å². The number of fused-ring (bicyclic) bond motifs is 1. The minimum atomic E-state index is -0.317. The van der Waals surface area contributed by atoms with Gasteiger partial charge in [0.15, 0.2) is 0 Å². The van der Waals surface area contributed by atoms with Gasteiger partial charge in [-0.1, -0.05) is 39.0 Å². The van der Waals surface area contributed by atoms with Crippen LogP contribution in [0.25, 0.3) is 0 Å². The first kappa shape index (κ1) is 24.0. The summed E-state index contributed by atoms with van der Waals surface area (Å²) in [6.07, 6.45) is 1.31. The first-order chi connectivity index (χ1) is 17.3. The zero-order chi connectivity index (χ0) is 25.1. The topological polar surface area (TPSA) is 107 Å². The molecule has 3 aromatic rings. The molecule has 4 atom stereocenters. The number of nitrogens with zero attached hydrogens (tertiary/aromatic N) is 2. The van der Waals surface area contributed by atoms with Crippen LogP contribution in [0.5, 0.6) is 11.5 Å². The number of para-hydroxylation sites is 1. The van der Waals surface area contributed by atoms with E-state index in [-0.39, 0.29) is 35.7 Å². The summed E-state index contributed by atoms with van der Waals surface area (Å²) >= 11 is 0. The molecular weight excluding hydrogens is 458 g/mol. The maximum Gasteiger partial charge on any atom is 0.319 e. The Hall–Kier alpha value is -3.69. The average molecular weight is 490 g/mol. The molecule has 9 nitrogen and oxygen atoms in total. The van der Waals surface area contributed by atoms with E-state index in [1.807, 2.05) is 48.5 Å². The van der Waals surface area contributed by atoms with Gasteiger partial charge in [-0.3, -0.25) is 0 Å². The van der Waals surface area contributed by atoms with Gasteiger partial charge in [-0.15, -0.1) is 0 Å². The second-order valence-electron chi connectivity index (χ2n) is 10.0. The summed E-state index contributed by atoms with van der Waals surface area (Å²) in [6, 6.07) is 18.0. The molecule has 3 heterocycles. The van der Waals surface area contributed by atoms with E-state index in [0.717, 1.165) is 11.4 Å². The molecule has 188 valence electrons. The molecular formula is C27H31N5O4. The molecule has 9 heteroatoms. The number of hydrogen-bond donors (Lipinski definition) is 3. The molecule has 2 aromatic carbocycles. The van der Waals surface area contributed by atoms with Gasteiger partial charge in [0.1, 0.15) is 23.7 Å². The van der Waals surface area contributed by atoms with Gasteiger partial charge < -0.3 is 30.2 Å². The van der Waals surface area contributed by atoms with Crippen molar-refractivity contribution in [2.24, 2.45) is 0 Å². The van der Waals surface area contributed by atoms with E-state index in [4.69, 9.17) is 14.2 Å². The molecule has 0 bridgehead atoms. The van der Waals surface area contributed by atoms with Crippen LogP contribution in [0.15, 0.2) is 66.9 Å². The normalized spacial score (nSPS) is 23.1. The molecule has 2 amide bonds. The molecule has 36 heavy (non-hydrogen) atoms. The second kappa shape index (κ2) is 10.1. The Labute approximate surface area is 210 Å². The van der Waals surface area contributed by atoms with E-state index in [9.17, 15) is 4.79 Å². The molecule has 1 aromatic heterocycles. The van der Waals surface area contributed by atoms with Crippen molar-refractivity contribution in [3.63, 3.8) is 0 Å². The quantitative estimate of drug-likeness (QED) is 0.473. The van der Waals surface area contributed by atoms with E-state index in [0.29, 0.717) is 30.6 Å². The predicted molar refractivity (Wildman–Crippen MR) is 137 cm³/mol. The summed E-state index contributed by atoms with van der Waals surface area (Å²) in [7, 11) is 0. The number of benzene rings is 2. The van der Waals surface area contributed by atoms with Gasteiger partial charge in [0.05, 0.1) is 31.0 Å². The number of carbonyl (C=O) groups is 1. The Kier molecular flexibility index (Phi) is 6.75. The van der Waals surface area contributed by atoms with Crippen molar-refractivity contribution in [1.82, 2.24) is 15.3 Å². The van der Waals surface area contributed by atoms with Crippen molar-refractivity contribution in [2.45, 2.75) is 50.5 Å². The van der Waals surface area contributed by atoms with E-state index in [2.05, 4.69) is 46.7 Å². The highest BCUT2D eigenvalue weighted by Crippen LogP contribution is 2.29. The van der Waals surface area contributed by atoms with Gasteiger partial charge in [0, 0.05) is 17.3 Å². The lowest BCUT2D eigenvalue weighted by atomic mass is 9.92. The van der Waals surface area contributed by atoms with Crippen LogP contribution in [0.4, 0.5) is 16.4 Å². The van der Waals surface area contributed by atoms with Crippen molar-refractivity contribution in [1.29, 1.82) is 0 Å². The Balaban J connectivity index is 1.13. The summed E-state index contributed by atoms with van der Waals surface area (Å²) < 4.78 is 17.8. The van der Waals surface area contributed by atoms with E-state index >= 15 is 0 Å². The molecule has 2 fully saturated rings.